The van der Waals surface area contributed by atoms with Crippen LogP contribution in [0.3, 0.4) is 0 Å². The quantitative estimate of drug-likeness (QED) is 0.271. The minimum absolute atomic E-state index is 0.176. The van der Waals surface area contributed by atoms with Crippen LogP contribution in [-0.2, 0) is 10.5 Å². The fourth-order valence-electron chi connectivity index (χ4n) is 3.49. The maximum Gasteiger partial charge on any atom is 0.323 e. The van der Waals surface area contributed by atoms with Crippen LogP contribution in [0.25, 0.3) is 16.7 Å². The highest BCUT2D eigenvalue weighted by Gasteiger charge is 2.10. The molecule has 0 saturated carbocycles. The molecule has 0 atom stereocenters. The first-order valence-electron chi connectivity index (χ1n) is 10.5. The molecule has 3 aromatic heterocycles. The first-order chi connectivity index (χ1) is 16.5. The summed E-state index contributed by atoms with van der Waals surface area (Å²) in [7, 11) is 0. The molecule has 0 aliphatic rings. The summed E-state index contributed by atoms with van der Waals surface area (Å²) in [4.78, 5) is 46.8. The minimum Gasteiger partial charge on any atom is -0.343 e. The number of rotatable bonds is 7. The lowest BCUT2D eigenvalue weighted by Crippen LogP contribution is -2.32. The third-order valence-corrected chi connectivity index (χ3v) is 6.17. The van der Waals surface area contributed by atoms with Gasteiger partial charge in [0.2, 0.25) is 5.91 Å². The Kier molecular flexibility index (Phi) is 5.88. The van der Waals surface area contributed by atoms with E-state index in [0.717, 1.165) is 22.0 Å². The van der Waals surface area contributed by atoms with Gasteiger partial charge in [-0.25, -0.2) is 9.78 Å². The zero-order chi connectivity index (χ0) is 23.5. The Morgan fingerprint density at radius 1 is 1.00 bits per heavy atom. The van der Waals surface area contributed by atoms with E-state index in [2.05, 4.69) is 25.6 Å². The molecular weight excluding hydrogens is 452 g/mol. The van der Waals surface area contributed by atoms with Crippen LogP contribution in [0.2, 0.25) is 0 Å². The predicted octanol–water partition coefficient (Wildman–Crippen LogP) is 3.16. The summed E-state index contributed by atoms with van der Waals surface area (Å²) >= 11 is 1.63. The zero-order valence-corrected chi connectivity index (χ0v) is 18.7. The molecule has 2 amide bonds. The van der Waals surface area contributed by atoms with E-state index in [0.29, 0.717) is 22.3 Å². The lowest BCUT2D eigenvalue weighted by Gasteiger charge is -2.08. The zero-order valence-electron chi connectivity index (χ0n) is 17.9. The molecule has 5 aromatic rings. The molecule has 170 valence electrons. The van der Waals surface area contributed by atoms with Crippen molar-refractivity contribution >= 4 is 45.9 Å². The Morgan fingerprint density at radius 3 is 2.65 bits per heavy atom. The lowest BCUT2D eigenvalue weighted by atomic mass is 10.2. The van der Waals surface area contributed by atoms with Crippen molar-refractivity contribution in [1.82, 2.24) is 24.7 Å². The highest BCUT2D eigenvalue weighted by Crippen LogP contribution is 2.23. The summed E-state index contributed by atoms with van der Waals surface area (Å²) in [5, 5.41) is 5.32. The number of amides is 2. The van der Waals surface area contributed by atoms with E-state index < -0.39 is 0 Å². The van der Waals surface area contributed by atoms with E-state index in [9.17, 15) is 14.4 Å². The van der Waals surface area contributed by atoms with Gasteiger partial charge in [-0.3, -0.25) is 9.59 Å². The number of carbonyl (C=O) groups is 2. The number of thioether (sulfide) groups is 1. The molecule has 4 N–H and O–H groups in total. The maximum atomic E-state index is 12.4. The van der Waals surface area contributed by atoms with Crippen LogP contribution >= 0.6 is 11.8 Å². The van der Waals surface area contributed by atoms with E-state index in [1.54, 1.807) is 42.1 Å². The average molecular weight is 473 g/mol. The van der Waals surface area contributed by atoms with E-state index >= 15 is 0 Å². The number of anilines is 1. The van der Waals surface area contributed by atoms with Gasteiger partial charge in [-0.2, -0.15) is 0 Å². The minimum atomic E-state index is -0.370. The van der Waals surface area contributed by atoms with Gasteiger partial charge in [0, 0.05) is 34.3 Å². The Labute approximate surface area is 197 Å². The number of aromatic nitrogens is 4. The first-order valence-corrected chi connectivity index (χ1v) is 11.5. The van der Waals surface area contributed by atoms with Gasteiger partial charge in [0.05, 0.1) is 23.3 Å². The molecule has 10 heteroatoms. The molecule has 9 nitrogen and oxygen atoms in total. The molecular formula is C24H20N6O3S. The van der Waals surface area contributed by atoms with Crippen molar-refractivity contribution < 1.29 is 9.59 Å². The van der Waals surface area contributed by atoms with Gasteiger partial charge >= 0.3 is 5.69 Å². The average Bonchev–Trinajstić information content (AvgIpc) is 3.43. The second-order valence-corrected chi connectivity index (χ2v) is 8.63. The second kappa shape index (κ2) is 9.28. The van der Waals surface area contributed by atoms with Gasteiger partial charge in [-0.1, -0.05) is 6.07 Å². The number of aromatic amines is 2. The van der Waals surface area contributed by atoms with Gasteiger partial charge < -0.3 is 25.0 Å². The van der Waals surface area contributed by atoms with Crippen molar-refractivity contribution in [1.29, 1.82) is 0 Å². The van der Waals surface area contributed by atoms with Crippen molar-refractivity contribution in [3.8, 4) is 0 Å². The first kappa shape index (κ1) is 21.5. The van der Waals surface area contributed by atoms with Crippen LogP contribution in [0.1, 0.15) is 16.1 Å². The van der Waals surface area contributed by atoms with E-state index in [1.807, 2.05) is 47.1 Å². The van der Waals surface area contributed by atoms with Crippen molar-refractivity contribution in [2.24, 2.45) is 0 Å². The number of H-pyrrole nitrogens is 2. The number of benzene rings is 2. The van der Waals surface area contributed by atoms with E-state index in [-0.39, 0.29) is 24.0 Å². The molecule has 0 aliphatic heterocycles. The predicted molar refractivity (Wildman–Crippen MR) is 131 cm³/mol. The Balaban J connectivity index is 1.12. The molecule has 34 heavy (non-hydrogen) atoms. The molecule has 0 fully saturated rings. The number of hydrogen-bond acceptors (Lipinski definition) is 5. The summed E-state index contributed by atoms with van der Waals surface area (Å²) in [6, 6.07) is 18.1. The largest absolute Gasteiger partial charge is 0.343 e. The number of carbonyl (C=O) groups excluding carboxylic acids is 2. The smallest absolute Gasteiger partial charge is 0.323 e. The number of nitrogens with zero attached hydrogens (tertiary/aromatic N) is 2. The standard InChI is InChI=1S/C24H20N6O3S/c31-22(27-16-6-9-19-20(11-16)29-24(33)28-19)12-25-23(32)15-4-7-18(8-5-15)34-14-17-13-30-10-2-1-3-21(30)26-17/h1-11,13H,12,14H2,(H,25,32)(H,27,31)(H2,28,29,33). The van der Waals surface area contributed by atoms with Crippen molar-refractivity contribution in [3.63, 3.8) is 0 Å². The molecule has 0 saturated heterocycles. The third-order valence-electron chi connectivity index (χ3n) is 5.13. The topological polar surface area (TPSA) is 124 Å². The fourth-order valence-corrected chi connectivity index (χ4v) is 4.28. The number of imidazole rings is 2. The molecule has 5 rings (SSSR count). The van der Waals surface area contributed by atoms with Gasteiger partial charge in [0.1, 0.15) is 5.65 Å². The fraction of sp³-hybridized carbons (Fsp3) is 0.0833. The monoisotopic (exact) mass is 472 g/mol. The van der Waals surface area contributed by atoms with E-state index in [4.69, 9.17) is 0 Å². The molecule has 0 unspecified atom stereocenters. The molecule has 3 heterocycles. The molecule has 0 bridgehead atoms. The van der Waals surface area contributed by atoms with Gasteiger partial charge in [-0.15, -0.1) is 11.8 Å². The number of nitrogens with one attached hydrogen (secondary N) is 4. The van der Waals surface area contributed by atoms with Crippen LogP contribution in [0, 0.1) is 0 Å². The Bertz CT molecular complexity index is 1520. The summed E-state index contributed by atoms with van der Waals surface area (Å²) in [5.41, 5.74) is 3.80. The van der Waals surface area contributed by atoms with Crippen LogP contribution in [-0.4, -0.2) is 37.7 Å². The Morgan fingerprint density at radius 2 is 1.82 bits per heavy atom. The van der Waals surface area contributed by atoms with Crippen molar-refractivity contribution in [3.05, 3.63) is 94.8 Å². The summed E-state index contributed by atoms with van der Waals surface area (Å²) in [5.74, 6) is 0.0122. The van der Waals surface area contributed by atoms with E-state index in [1.165, 1.54) is 0 Å². The number of pyridine rings is 1. The van der Waals surface area contributed by atoms with Gasteiger partial charge in [0.15, 0.2) is 0 Å². The summed E-state index contributed by atoms with van der Waals surface area (Å²) in [6.45, 7) is -0.176. The van der Waals surface area contributed by atoms with Gasteiger partial charge in [-0.05, 0) is 54.6 Å². The van der Waals surface area contributed by atoms with Crippen LogP contribution in [0.15, 0.2) is 82.7 Å². The summed E-state index contributed by atoms with van der Waals surface area (Å²) < 4.78 is 1.98. The lowest BCUT2D eigenvalue weighted by molar-refractivity contribution is -0.115. The SMILES string of the molecule is O=C(CNC(=O)c1ccc(SCc2cn3ccccc3n2)cc1)Nc1ccc2[nH]c(=O)[nH]c2c1. The van der Waals surface area contributed by atoms with Crippen molar-refractivity contribution in [2.75, 3.05) is 11.9 Å². The number of fused-ring (bicyclic) bond motifs is 2. The molecule has 0 aliphatic carbocycles. The van der Waals surface area contributed by atoms with Crippen molar-refractivity contribution in [2.45, 2.75) is 10.6 Å². The van der Waals surface area contributed by atoms with Crippen LogP contribution < -0.4 is 16.3 Å². The Hall–Kier alpha value is -4.31. The second-order valence-electron chi connectivity index (χ2n) is 7.58. The van der Waals surface area contributed by atoms with Crippen LogP contribution in [0.5, 0.6) is 0 Å². The highest BCUT2D eigenvalue weighted by atomic mass is 32.2. The summed E-state index contributed by atoms with van der Waals surface area (Å²) in [6.07, 6.45) is 3.97. The molecule has 2 aromatic carbocycles. The third kappa shape index (κ3) is 4.86. The number of hydrogen-bond donors (Lipinski definition) is 4. The normalized spacial score (nSPS) is 11.1. The maximum absolute atomic E-state index is 12.4. The molecule has 0 spiro atoms. The highest BCUT2D eigenvalue weighted by molar-refractivity contribution is 7.98. The van der Waals surface area contributed by atoms with Crippen LogP contribution in [0.4, 0.5) is 5.69 Å². The van der Waals surface area contributed by atoms with Gasteiger partial charge in [0.25, 0.3) is 5.91 Å². The molecule has 0 radical (unpaired) electrons.